The predicted molar refractivity (Wildman–Crippen MR) is 148 cm³/mol. The summed E-state index contributed by atoms with van der Waals surface area (Å²) in [6, 6.07) is 4.91. The second-order valence-electron chi connectivity index (χ2n) is 12.4. The molecular weight excluding hydrogens is 539 g/mol. The van der Waals surface area contributed by atoms with E-state index in [1.807, 2.05) is 6.08 Å². The van der Waals surface area contributed by atoms with Crippen molar-refractivity contribution in [3.8, 4) is 5.75 Å². The minimum absolute atomic E-state index is 0.0144. The number of carbonyl (C=O) groups is 2. The molecule has 9 atom stereocenters. The first-order valence-electron chi connectivity index (χ1n) is 14.1. The van der Waals surface area contributed by atoms with Crippen LogP contribution in [0.15, 0.2) is 42.0 Å². The summed E-state index contributed by atoms with van der Waals surface area (Å²) < 4.78 is 19.1. The molecule has 210 valence electrons. The summed E-state index contributed by atoms with van der Waals surface area (Å²) in [6.07, 6.45) is 8.17. The summed E-state index contributed by atoms with van der Waals surface area (Å²) in [7, 11) is 0. The molecule has 0 spiro atoms. The lowest BCUT2D eigenvalue weighted by Crippen LogP contribution is -2.63. The van der Waals surface area contributed by atoms with E-state index in [-0.39, 0.29) is 41.3 Å². The Kier molecular flexibility index (Phi) is 6.83. The summed E-state index contributed by atoms with van der Waals surface area (Å²) in [5, 5.41) is 12.6. The molecule has 1 saturated heterocycles. The number of allylic oxidation sites excluding steroid dienone is 4. The lowest BCUT2D eigenvalue weighted by atomic mass is 9.46. The quantitative estimate of drug-likeness (QED) is 0.441. The van der Waals surface area contributed by atoms with Gasteiger partial charge in [0.1, 0.15) is 12.4 Å². The van der Waals surface area contributed by atoms with E-state index >= 15 is 0 Å². The summed E-state index contributed by atoms with van der Waals surface area (Å²) in [4.78, 5) is 26.4. The molecule has 4 fully saturated rings. The average Bonchev–Trinajstić information content (AvgIpc) is 3.36. The number of halogens is 2. The number of Topliss-reactive ketones (excluding diaryl/α,β-unsaturated/α-hetero) is 1. The van der Waals surface area contributed by atoms with Gasteiger partial charge >= 0.3 is 0 Å². The van der Waals surface area contributed by atoms with E-state index in [9.17, 15) is 14.7 Å². The number of carbonyl (C=O) groups excluding carboxylic acids is 2. The number of benzene rings is 1. The molecule has 0 aromatic heterocycles. The van der Waals surface area contributed by atoms with Crippen LogP contribution < -0.4 is 4.74 Å². The molecule has 8 heteroatoms. The van der Waals surface area contributed by atoms with Crippen LogP contribution in [0.3, 0.4) is 0 Å². The van der Waals surface area contributed by atoms with Crippen LogP contribution in [0.4, 0.5) is 0 Å². The Balaban J connectivity index is 1.34. The lowest BCUT2D eigenvalue weighted by Gasteiger charge is -2.59. The van der Waals surface area contributed by atoms with Crippen molar-refractivity contribution in [1.29, 1.82) is 0 Å². The van der Waals surface area contributed by atoms with Crippen molar-refractivity contribution in [2.45, 2.75) is 83.4 Å². The Morgan fingerprint density at radius 2 is 2.05 bits per heavy atom. The van der Waals surface area contributed by atoms with Crippen molar-refractivity contribution >= 4 is 34.8 Å². The van der Waals surface area contributed by atoms with Crippen molar-refractivity contribution < 1.29 is 28.9 Å². The first-order chi connectivity index (χ1) is 18.5. The van der Waals surface area contributed by atoms with Crippen LogP contribution >= 0.6 is 23.2 Å². The van der Waals surface area contributed by atoms with Gasteiger partial charge in [-0.3, -0.25) is 9.59 Å². The standard InChI is InChI=1S/C31H36Cl2O6/c1-4-5-27-38-26-14-21-20-8-6-17-12-19(34)10-11-29(17,2)28(20)23(35)15-30(21,3)31(26,39-27)25(36)16-37-24-9-7-18(32)13-22(24)33/h7,9-13,20-21,23,26-28,35H,4-6,8,14-16H2,1-3H3/t20?,21?,23?,26-,27?,28?,29?,30?,31-/m1/s1. The van der Waals surface area contributed by atoms with Gasteiger partial charge in [0.05, 0.1) is 17.2 Å². The first kappa shape index (κ1) is 27.5. The fraction of sp³-hybridized carbons (Fsp3) is 0.613. The maximum Gasteiger partial charge on any atom is 0.205 e. The average molecular weight is 576 g/mol. The second kappa shape index (κ2) is 9.70. The molecule has 1 aliphatic heterocycles. The van der Waals surface area contributed by atoms with Crippen LogP contribution in [0.1, 0.15) is 59.3 Å². The number of hydrogen-bond acceptors (Lipinski definition) is 6. The highest BCUT2D eigenvalue weighted by atomic mass is 35.5. The highest BCUT2D eigenvalue weighted by Crippen LogP contribution is 2.69. The van der Waals surface area contributed by atoms with Crippen LogP contribution in [0.5, 0.6) is 5.75 Å². The monoisotopic (exact) mass is 574 g/mol. The van der Waals surface area contributed by atoms with E-state index < -0.39 is 29.5 Å². The minimum Gasteiger partial charge on any atom is -0.484 e. The zero-order valence-electron chi connectivity index (χ0n) is 22.6. The lowest BCUT2D eigenvalue weighted by molar-refractivity contribution is -0.200. The molecule has 0 bridgehead atoms. The second-order valence-corrected chi connectivity index (χ2v) is 13.3. The highest BCUT2D eigenvalue weighted by Gasteiger charge is 2.75. The molecule has 1 N–H and O–H groups in total. The number of rotatable bonds is 6. The number of fused-ring (bicyclic) bond motifs is 7. The van der Waals surface area contributed by atoms with Gasteiger partial charge < -0.3 is 19.3 Å². The van der Waals surface area contributed by atoms with E-state index in [4.69, 9.17) is 37.4 Å². The Bertz CT molecular complexity index is 1260. The molecule has 3 saturated carbocycles. The zero-order valence-corrected chi connectivity index (χ0v) is 24.1. The van der Waals surface area contributed by atoms with Crippen LogP contribution in [0.2, 0.25) is 10.0 Å². The molecule has 6 nitrogen and oxygen atoms in total. The fourth-order valence-electron chi connectivity index (χ4n) is 8.85. The van der Waals surface area contributed by atoms with E-state index in [0.29, 0.717) is 35.1 Å². The molecule has 1 aromatic carbocycles. The number of ether oxygens (including phenoxy) is 3. The Morgan fingerprint density at radius 1 is 1.26 bits per heavy atom. The fourth-order valence-corrected chi connectivity index (χ4v) is 9.31. The molecule has 39 heavy (non-hydrogen) atoms. The molecule has 1 aromatic rings. The molecule has 0 radical (unpaired) electrons. The summed E-state index contributed by atoms with van der Waals surface area (Å²) in [5.41, 5.74) is -1.14. The molecule has 5 aliphatic rings. The highest BCUT2D eigenvalue weighted by molar-refractivity contribution is 6.35. The number of aliphatic hydroxyl groups excluding tert-OH is 1. The van der Waals surface area contributed by atoms with Gasteiger partial charge in [0.2, 0.25) is 5.78 Å². The van der Waals surface area contributed by atoms with Crippen molar-refractivity contribution in [2.75, 3.05) is 6.61 Å². The van der Waals surface area contributed by atoms with E-state index in [1.165, 1.54) is 0 Å². The molecule has 1 heterocycles. The summed E-state index contributed by atoms with van der Waals surface area (Å²) in [6.45, 7) is 6.10. The topological polar surface area (TPSA) is 82.1 Å². The van der Waals surface area contributed by atoms with E-state index in [0.717, 1.165) is 24.8 Å². The largest absolute Gasteiger partial charge is 0.484 e. The maximum absolute atomic E-state index is 14.3. The Hall–Kier alpha value is -1.70. The van der Waals surface area contributed by atoms with Gasteiger partial charge in [-0.05, 0) is 74.3 Å². The van der Waals surface area contributed by atoms with Gasteiger partial charge in [-0.2, -0.15) is 0 Å². The first-order valence-corrected chi connectivity index (χ1v) is 14.9. The van der Waals surface area contributed by atoms with Crippen molar-refractivity contribution in [3.05, 3.63) is 52.0 Å². The van der Waals surface area contributed by atoms with Gasteiger partial charge in [0.15, 0.2) is 17.7 Å². The van der Waals surface area contributed by atoms with Crippen LogP contribution in [-0.2, 0) is 19.1 Å². The minimum atomic E-state index is -1.22. The molecule has 4 aliphatic carbocycles. The van der Waals surface area contributed by atoms with E-state index in [1.54, 1.807) is 30.4 Å². The number of hydrogen-bond donors (Lipinski definition) is 1. The number of ketones is 2. The summed E-state index contributed by atoms with van der Waals surface area (Å²) >= 11 is 12.4. The van der Waals surface area contributed by atoms with Gasteiger partial charge in [-0.15, -0.1) is 0 Å². The third kappa shape index (κ3) is 4.00. The Labute approximate surface area is 239 Å². The van der Waals surface area contributed by atoms with Gasteiger partial charge in [-0.1, -0.05) is 62.0 Å². The van der Waals surface area contributed by atoms with Crippen LogP contribution in [-0.4, -0.2) is 47.4 Å². The van der Waals surface area contributed by atoms with Crippen molar-refractivity contribution in [1.82, 2.24) is 0 Å². The zero-order chi connectivity index (χ0) is 27.7. The molecule has 6 rings (SSSR count). The van der Waals surface area contributed by atoms with Crippen molar-refractivity contribution in [2.24, 2.45) is 28.6 Å². The number of aliphatic hydroxyl groups is 1. The van der Waals surface area contributed by atoms with E-state index in [2.05, 4.69) is 20.8 Å². The van der Waals surface area contributed by atoms with Gasteiger partial charge in [-0.25, -0.2) is 0 Å². The van der Waals surface area contributed by atoms with Crippen LogP contribution in [0, 0.1) is 28.6 Å². The molecule has 0 amide bonds. The normalized spacial score (nSPS) is 42.3. The third-order valence-corrected chi connectivity index (χ3v) is 11.0. The predicted octanol–water partition coefficient (Wildman–Crippen LogP) is 6.11. The molecule has 7 unspecified atom stereocenters. The molecular formula is C31H36Cl2O6. The third-order valence-electron chi connectivity index (χ3n) is 10.5. The van der Waals surface area contributed by atoms with Gasteiger partial charge in [0, 0.05) is 21.8 Å². The SMILES string of the molecule is CCCC1O[C@@H]2CC3C4CCC5=CC(=O)C=CC5(C)C4C(O)CC3(C)[C@]2(C(=O)COc2ccc(Cl)cc2Cl)O1. The maximum atomic E-state index is 14.3. The van der Waals surface area contributed by atoms with Crippen LogP contribution in [0.25, 0.3) is 0 Å². The van der Waals surface area contributed by atoms with Crippen molar-refractivity contribution in [3.63, 3.8) is 0 Å². The van der Waals surface area contributed by atoms with Gasteiger partial charge in [0.25, 0.3) is 0 Å². The smallest absolute Gasteiger partial charge is 0.205 e. The Morgan fingerprint density at radius 3 is 2.79 bits per heavy atom. The summed E-state index contributed by atoms with van der Waals surface area (Å²) in [5.74, 6) is 0.456.